The van der Waals surface area contributed by atoms with Crippen molar-refractivity contribution in [3.63, 3.8) is 0 Å². The fourth-order valence-electron chi connectivity index (χ4n) is 4.08. The van der Waals surface area contributed by atoms with E-state index in [1.807, 2.05) is 65.2 Å². The van der Waals surface area contributed by atoms with Crippen LogP contribution in [0.5, 0.6) is 0 Å². The number of ether oxygens (including phenoxy) is 1. The number of hydrogen-bond acceptors (Lipinski definition) is 4. The second-order valence-electron chi connectivity index (χ2n) is 7.45. The minimum absolute atomic E-state index is 0.0575. The number of methoxy groups -OCH3 is 1. The van der Waals surface area contributed by atoms with E-state index in [0.29, 0.717) is 29.6 Å². The normalized spacial score (nSPS) is 21.4. The van der Waals surface area contributed by atoms with Crippen LogP contribution in [0.4, 0.5) is 0 Å². The van der Waals surface area contributed by atoms with E-state index in [0.717, 1.165) is 30.0 Å². The van der Waals surface area contributed by atoms with Gasteiger partial charge in [-0.25, -0.2) is 0 Å². The highest BCUT2D eigenvalue weighted by Gasteiger charge is 2.52. The van der Waals surface area contributed by atoms with Crippen molar-refractivity contribution in [2.45, 2.75) is 30.7 Å². The molecule has 0 spiro atoms. The van der Waals surface area contributed by atoms with E-state index < -0.39 is 0 Å². The molecule has 2 aromatic carbocycles. The fourth-order valence-corrected chi connectivity index (χ4v) is 5.76. The summed E-state index contributed by atoms with van der Waals surface area (Å²) in [6, 6.07) is 15.5. The van der Waals surface area contributed by atoms with Gasteiger partial charge in [-0.3, -0.25) is 4.79 Å². The summed E-state index contributed by atoms with van der Waals surface area (Å²) >= 11 is 14.1. The zero-order chi connectivity index (χ0) is 21.6. The van der Waals surface area contributed by atoms with Gasteiger partial charge in [0.1, 0.15) is 0 Å². The van der Waals surface area contributed by atoms with E-state index in [4.69, 9.17) is 27.9 Å². The average molecular weight is 467 g/mol. The van der Waals surface area contributed by atoms with Crippen LogP contribution in [0, 0.1) is 0 Å². The molecule has 1 N–H and O–H groups in total. The molecule has 0 saturated carbocycles. The predicted molar refractivity (Wildman–Crippen MR) is 126 cm³/mol. The quantitative estimate of drug-likeness (QED) is 0.488. The Kier molecular flexibility index (Phi) is 8.49. The lowest BCUT2D eigenvalue weighted by molar-refractivity contribution is -0.129. The molecule has 0 bridgehead atoms. The second-order valence-corrected chi connectivity index (χ2v) is 10.00. The molecule has 0 radical (unpaired) electrons. The van der Waals surface area contributed by atoms with Crippen LogP contribution in [0.3, 0.4) is 0 Å². The van der Waals surface area contributed by atoms with Crippen LogP contribution in [0.25, 0.3) is 0 Å². The third kappa shape index (κ3) is 5.51. The molecule has 1 heterocycles. The first-order valence-corrected chi connectivity index (χ1v) is 11.9. The van der Waals surface area contributed by atoms with Crippen molar-refractivity contribution in [3.8, 4) is 0 Å². The van der Waals surface area contributed by atoms with Gasteiger partial charge < -0.3 is 15.0 Å². The van der Waals surface area contributed by atoms with Crippen molar-refractivity contribution >= 4 is 40.9 Å². The lowest BCUT2D eigenvalue weighted by Crippen LogP contribution is -2.44. The van der Waals surface area contributed by atoms with Gasteiger partial charge in [-0.2, -0.15) is 11.8 Å². The maximum Gasteiger partial charge on any atom is 0.224 e. The van der Waals surface area contributed by atoms with E-state index in [-0.39, 0.29) is 16.7 Å². The lowest BCUT2D eigenvalue weighted by atomic mass is 9.92. The number of carbonyl (C=O) groups excluding carboxylic acids is 1. The highest BCUT2D eigenvalue weighted by Crippen LogP contribution is 2.50. The first kappa shape index (κ1) is 23.4. The number of halogens is 2. The maximum absolute atomic E-state index is 13.3. The van der Waals surface area contributed by atoms with Crippen molar-refractivity contribution in [2.75, 3.05) is 32.6 Å². The summed E-state index contributed by atoms with van der Waals surface area (Å²) in [4.78, 5) is 15.3. The third-order valence-electron chi connectivity index (χ3n) is 5.37. The van der Waals surface area contributed by atoms with Crippen LogP contribution >= 0.6 is 35.0 Å². The molecule has 1 saturated heterocycles. The number of benzene rings is 2. The number of nitrogens with one attached hydrogen (secondary N) is 1. The molecule has 7 heteroatoms. The van der Waals surface area contributed by atoms with Gasteiger partial charge in [-0.05, 0) is 41.1 Å². The Labute approximate surface area is 193 Å². The van der Waals surface area contributed by atoms with Gasteiger partial charge in [-0.1, -0.05) is 54.4 Å². The Balaban J connectivity index is 1.96. The van der Waals surface area contributed by atoms with Gasteiger partial charge in [0.25, 0.3) is 0 Å². The molecular weight excluding hydrogens is 439 g/mol. The number of thioether (sulfide) groups is 1. The van der Waals surface area contributed by atoms with E-state index >= 15 is 0 Å². The molecule has 2 aromatic rings. The molecule has 1 aliphatic heterocycles. The summed E-state index contributed by atoms with van der Waals surface area (Å²) in [7, 11) is 1.70. The molecule has 162 valence electrons. The Morgan fingerprint density at radius 1 is 1.13 bits per heavy atom. The molecule has 2 unspecified atom stereocenters. The SMILES string of the molecule is CCSC1(CNCCOC)CC(=O)N(Cc2ccc(Cl)cc2)C1c1ccc(Cl)cc1. The van der Waals surface area contributed by atoms with Crippen molar-refractivity contribution in [1.82, 2.24) is 10.2 Å². The van der Waals surface area contributed by atoms with Crippen LogP contribution in [0.1, 0.15) is 30.5 Å². The molecule has 4 nitrogen and oxygen atoms in total. The van der Waals surface area contributed by atoms with E-state index in [1.165, 1.54) is 0 Å². The van der Waals surface area contributed by atoms with Crippen molar-refractivity contribution in [2.24, 2.45) is 0 Å². The van der Waals surface area contributed by atoms with Crippen LogP contribution in [0.2, 0.25) is 10.0 Å². The van der Waals surface area contributed by atoms with Gasteiger partial charge in [-0.15, -0.1) is 0 Å². The van der Waals surface area contributed by atoms with Crippen molar-refractivity contribution < 1.29 is 9.53 Å². The van der Waals surface area contributed by atoms with Crippen molar-refractivity contribution in [3.05, 3.63) is 69.7 Å². The van der Waals surface area contributed by atoms with E-state index in [9.17, 15) is 4.79 Å². The first-order valence-electron chi connectivity index (χ1n) is 10.1. The molecule has 3 rings (SSSR count). The number of amides is 1. The van der Waals surface area contributed by atoms with Gasteiger partial charge in [0, 0.05) is 43.2 Å². The topological polar surface area (TPSA) is 41.6 Å². The number of likely N-dealkylation sites (tertiary alicyclic amines) is 1. The van der Waals surface area contributed by atoms with Crippen molar-refractivity contribution in [1.29, 1.82) is 0 Å². The minimum Gasteiger partial charge on any atom is -0.383 e. The largest absolute Gasteiger partial charge is 0.383 e. The fraction of sp³-hybridized carbons (Fsp3) is 0.435. The van der Waals surface area contributed by atoms with Gasteiger partial charge in [0.2, 0.25) is 5.91 Å². The molecular formula is C23H28Cl2N2O2S. The Hall–Kier alpha value is -1.24. The summed E-state index contributed by atoms with van der Waals surface area (Å²) in [5, 5.41) is 4.90. The molecule has 0 aliphatic carbocycles. The zero-order valence-electron chi connectivity index (χ0n) is 17.4. The highest BCUT2D eigenvalue weighted by atomic mass is 35.5. The summed E-state index contributed by atoms with van der Waals surface area (Å²) in [5.74, 6) is 1.09. The predicted octanol–water partition coefficient (Wildman–Crippen LogP) is 5.19. The third-order valence-corrected chi connectivity index (χ3v) is 7.25. The minimum atomic E-state index is -0.264. The van der Waals surface area contributed by atoms with Gasteiger partial charge >= 0.3 is 0 Å². The Morgan fingerprint density at radius 3 is 2.37 bits per heavy atom. The van der Waals surface area contributed by atoms with Gasteiger partial charge in [0.15, 0.2) is 0 Å². The van der Waals surface area contributed by atoms with Crippen LogP contribution < -0.4 is 5.32 Å². The van der Waals surface area contributed by atoms with E-state index in [1.54, 1.807) is 7.11 Å². The first-order chi connectivity index (χ1) is 14.5. The number of nitrogens with zero attached hydrogens (tertiary/aromatic N) is 1. The zero-order valence-corrected chi connectivity index (χ0v) is 19.7. The Morgan fingerprint density at radius 2 is 1.77 bits per heavy atom. The summed E-state index contributed by atoms with van der Waals surface area (Å²) in [5.41, 5.74) is 2.17. The molecule has 1 fully saturated rings. The van der Waals surface area contributed by atoms with E-state index in [2.05, 4.69) is 12.2 Å². The average Bonchev–Trinajstić information content (AvgIpc) is 2.99. The number of hydrogen-bond donors (Lipinski definition) is 1. The molecule has 1 aliphatic rings. The molecule has 2 atom stereocenters. The Bertz CT molecular complexity index is 832. The molecule has 0 aromatic heterocycles. The highest BCUT2D eigenvalue weighted by molar-refractivity contribution is 8.00. The summed E-state index contributed by atoms with van der Waals surface area (Å²) in [6.45, 7) is 4.81. The number of rotatable bonds is 10. The van der Waals surface area contributed by atoms with Crippen LogP contribution in [0.15, 0.2) is 48.5 Å². The molecule has 30 heavy (non-hydrogen) atoms. The smallest absolute Gasteiger partial charge is 0.224 e. The van der Waals surface area contributed by atoms with Gasteiger partial charge in [0.05, 0.1) is 17.4 Å². The van der Waals surface area contributed by atoms with Crippen LogP contribution in [-0.4, -0.2) is 48.1 Å². The van der Waals surface area contributed by atoms with Crippen LogP contribution in [-0.2, 0) is 16.1 Å². The lowest BCUT2D eigenvalue weighted by Gasteiger charge is -2.38. The maximum atomic E-state index is 13.3. The monoisotopic (exact) mass is 466 g/mol. The second kappa shape index (κ2) is 10.9. The summed E-state index contributed by atoms with van der Waals surface area (Å²) < 4.78 is 4.92. The standard InChI is InChI=1S/C23H28Cl2N2O2S/c1-3-30-23(16-26-12-13-29-2)14-21(28)27(15-17-4-8-19(24)9-5-17)22(23)18-6-10-20(25)11-7-18/h4-11,22,26H,3,12-16H2,1-2H3. The summed E-state index contributed by atoms with van der Waals surface area (Å²) in [6.07, 6.45) is 0.492. The molecule has 1 amide bonds. The number of carbonyl (C=O) groups is 1.